The normalized spacial score (nSPS) is 22.2. The third-order valence-corrected chi connectivity index (χ3v) is 8.65. The van der Waals surface area contributed by atoms with Crippen molar-refractivity contribution in [3.05, 3.63) is 46.9 Å². The van der Waals surface area contributed by atoms with Gasteiger partial charge in [0, 0.05) is 18.8 Å². The van der Waals surface area contributed by atoms with Gasteiger partial charge in [-0.15, -0.1) is 0 Å². The summed E-state index contributed by atoms with van der Waals surface area (Å²) in [6.07, 6.45) is 12.9. The smallest absolute Gasteiger partial charge is 0.411 e. The van der Waals surface area contributed by atoms with Gasteiger partial charge < -0.3 is 24.8 Å². The Kier molecular flexibility index (Phi) is 10.2. The lowest BCUT2D eigenvalue weighted by Gasteiger charge is -2.45. The third kappa shape index (κ3) is 7.09. The number of nitrogens with zero attached hydrogens (tertiary/aromatic N) is 6. The molecule has 1 amide bonds. The molecule has 0 radical (unpaired) electrons. The minimum atomic E-state index is -1.15. The summed E-state index contributed by atoms with van der Waals surface area (Å²) >= 11 is 6.45. The maximum absolute atomic E-state index is 11.5. The molecule has 13 heteroatoms. The molecule has 44 heavy (non-hydrogen) atoms. The highest BCUT2D eigenvalue weighted by Crippen LogP contribution is 2.43. The average molecular weight is 623 g/mol. The number of aliphatic imine (C=N–C) groups is 1. The zero-order valence-electron chi connectivity index (χ0n) is 25.2. The van der Waals surface area contributed by atoms with Crippen molar-refractivity contribution in [2.45, 2.75) is 57.5 Å². The second-order valence-electron chi connectivity index (χ2n) is 11.3. The van der Waals surface area contributed by atoms with Gasteiger partial charge in [0.2, 0.25) is 11.7 Å². The molecule has 3 aliphatic rings. The van der Waals surface area contributed by atoms with Crippen LogP contribution in [0.5, 0.6) is 5.88 Å². The first-order chi connectivity index (χ1) is 21.3. The van der Waals surface area contributed by atoms with E-state index in [1.165, 1.54) is 18.9 Å². The van der Waals surface area contributed by atoms with E-state index in [9.17, 15) is 4.79 Å². The number of hydrogen-bond acceptors (Lipinski definition) is 11. The zero-order chi connectivity index (χ0) is 31.2. The molecule has 1 atom stereocenters. The van der Waals surface area contributed by atoms with E-state index in [0.717, 1.165) is 45.1 Å². The number of rotatable bonds is 9. The van der Waals surface area contributed by atoms with Crippen LogP contribution in [0.3, 0.4) is 0 Å². The van der Waals surface area contributed by atoms with Gasteiger partial charge in [0.15, 0.2) is 5.82 Å². The van der Waals surface area contributed by atoms with E-state index >= 15 is 0 Å². The van der Waals surface area contributed by atoms with Crippen LogP contribution >= 0.6 is 11.6 Å². The summed E-state index contributed by atoms with van der Waals surface area (Å²) in [5.41, 5.74) is 8.02. The third-order valence-electron chi connectivity index (χ3n) is 8.45. The maximum atomic E-state index is 11.5. The number of primary amides is 1. The molecule has 0 unspecified atom stereocenters. The number of hydrogen-bond donors (Lipinski definition) is 2. The summed E-state index contributed by atoms with van der Waals surface area (Å²) in [6, 6.07) is 1.96. The lowest BCUT2D eigenvalue weighted by molar-refractivity contribution is 0.00376. The van der Waals surface area contributed by atoms with E-state index in [-0.39, 0.29) is 29.6 Å². The topological polar surface area (TPSA) is 152 Å². The number of allylic oxidation sites excluding steroid dienone is 3. The highest BCUT2D eigenvalue weighted by atomic mass is 35.5. The van der Waals surface area contributed by atoms with Gasteiger partial charge in [0.05, 0.1) is 43.6 Å². The molecule has 1 saturated carbocycles. The quantitative estimate of drug-likeness (QED) is 0.281. The van der Waals surface area contributed by atoms with Crippen LogP contribution in [-0.4, -0.2) is 84.2 Å². The number of pyridine rings is 1. The molecule has 2 aliphatic carbocycles. The number of carbonyl (C=O) groups excluding carboxylic acids is 1. The molecule has 1 aliphatic heterocycles. The summed E-state index contributed by atoms with van der Waals surface area (Å²) in [5, 5.41) is 8.71. The van der Waals surface area contributed by atoms with Gasteiger partial charge in [-0.2, -0.15) is 0 Å². The molecular weight excluding hydrogens is 584 g/mol. The van der Waals surface area contributed by atoms with Crippen LogP contribution in [0.4, 0.5) is 16.3 Å². The molecule has 3 heterocycles. The number of nitrogens with one attached hydrogen (secondary N) is 1. The number of carbonyl (C=O) groups is 1. The summed E-state index contributed by atoms with van der Waals surface area (Å²) < 4.78 is 16.5. The van der Waals surface area contributed by atoms with Gasteiger partial charge >= 0.3 is 6.09 Å². The standard InChI is InChI=1S/C31H39ClN8O4/c1-19-9-11-22(12-10-19)40(18-39-13-14-43-17-24(39)20-7-5-4-6-8-20)26-25(23-15-21(32)16-36-30(23)42-3)37-29(38-28(26)35-2)27(33)44-31(34)41/h4-5,7,15-16,19,22,24,33H,2,6,8-14,17-18H2,1,3H3,(H2,34,41)/t19?,22?,24-/m0/s1. The number of methoxy groups -OCH3 is 1. The Hall–Kier alpha value is -3.87. The fourth-order valence-corrected chi connectivity index (χ4v) is 6.34. The summed E-state index contributed by atoms with van der Waals surface area (Å²) in [6.45, 7) is 8.65. The number of aromatic nitrogens is 3. The van der Waals surface area contributed by atoms with Crippen LogP contribution in [0.2, 0.25) is 5.02 Å². The van der Waals surface area contributed by atoms with Gasteiger partial charge in [0.25, 0.3) is 5.90 Å². The van der Waals surface area contributed by atoms with Crippen molar-refractivity contribution in [1.82, 2.24) is 19.9 Å². The van der Waals surface area contributed by atoms with Crippen molar-refractivity contribution in [3.8, 4) is 17.1 Å². The fraction of sp³-hybridized carbons (Fsp3) is 0.484. The minimum Gasteiger partial charge on any atom is -0.481 e. The summed E-state index contributed by atoms with van der Waals surface area (Å²) in [4.78, 5) is 34.3. The number of morpholine rings is 1. The van der Waals surface area contributed by atoms with Crippen molar-refractivity contribution >= 4 is 41.8 Å². The van der Waals surface area contributed by atoms with Crippen molar-refractivity contribution in [3.63, 3.8) is 0 Å². The Morgan fingerprint density at radius 2 is 2.11 bits per heavy atom. The van der Waals surface area contributed by atoms with Crippen LogP contribution in [0.25, 0.3) is 11.3 Å². The van der Waals surface area contributed by atoms with E-state index in [1.54, 1.807) is 6.07 Å². The molecule has 0 spiro atoms. The van der Waals surface area contributed by atoms with Crippen LogP contribution < -0.4 is 15.4 Å². The van der Waals surface area contributed by atoms with Gasteiger partial charge in [-0.25, -0.2) is 24.7 Å². The van der Waals surface area contributed by atoms with Gasteiger partial charge in [-0.05, 0) is 57.2 Å². The second kappa shape index (κ2) is 14.3. The van der Waals surface area contributed by atoms with E-state index in [0.29, 0.717) is 47.8 Å². The molecule has 1 saturated heterocycles. The lowest BCUT2D eigenvalue weighted by atomic mass is 9.86. The van der Waals surface area contributed by atoms with Crippen molar-refractivity contribution in [2.24, 2.45) is 16.6 Å². The molecule has 12 nitrogen and oxygen atoms in total. The summed E-state index contributed by atoms with van der Waals surface area (Å²) in [5.74, 6) is 0.328. The van der Waals surface area contributed by atoms with Gasteiger partial charge in [0.1, 0.15) is 11.4 Å². The highest BCUT2D eigenvalue weighted by Gasteiger charge is 2.35. The van der Waals surface area contributed by atoms with Crippen LogP contribution in [-0.2, 0) is 9.47 Å². The van der Waals surface area contributed by atoms with Crippen LogP contribution in [0, 0.1) is 11.3 Å². The highest BCUT2D eigenvalue weighted by molar-refractivity contribution is 6.30. The van der Waals surface area contributed by atoms with E-state index in [2.05, 4.69) is 56.6 Å². The molecule has 2 aromatic heterocycles. The monoisotopic (exact) mass is 622 g/mol. The van der Waals surface area contributed by atoms with Crippen molar-refractivity contribution in [2.75, 3.05) is 38.4 Å². The minimum absolute atomic E-state index is 0.113. The SMILES string of the molecule is C=Nc1nc(C(=N)OC(N)=O)nc(-c2cc(Cl)cnc2OC)c1N(CN1CCOC[C@H]1C1=CC=CCC1)C1CCC(C)CC1. The molecule has 2 fully saturated rings. The fourth-order valence-electron chi connectivity index (χ4n) is 6.18. The van der Waals surface area contributed by atoms with Crippen molar-refractivity contribution in [1.29, 1.82) is 5.41 Å². The Labute approximate surface area is 262 Å². The molecule has 2 aromatic rings. The second-order valence-corrected chi connectivity index (χ2v) is 11.8. The number of halogens is 1. The Bertz CT molecular complexity index is 1460. The van der Waals surface area contributed by atoms with Crippen LogP contribution in [0.1, 0.15) is 51.3 Å². The number of anilines is 1. The zero-order valence-corrected chi connectivity index (χ0v) is 25.9. The Morgan fingerprint density at radius 3 is 2.80 bits per heavy atom. The largest absolute Gasteiger partial charge is 0.481 e. The first kappa shape index (κ1) is 31.6. The molecule has 0 aromatic carbocycles. The predicted molar refractivity (Wildman–Crippen MR) is 170 cm³/mol. The molecule has 3 N–H and O–H groups in total. The Morgan fingerprint density at radius 1 is 1.32 bits per heavy atom. The average Bonchev–Trinajstić information content (AvgIpc) is 3.04. The number of nitrogens with two attached hydrogens (primary N) is 1. The summed E-state index contributed by atoms with van der Waals surface area (Å²) in [7, 11) is 1.51. The molecule has 5 rings (SSSR count). The molecule has 0 bridgehead atoms. The maximum Gasteiger partial charge on any atom is 0.411 e. The van der Waals surface area contributed by atoms with Crippen LogP contribution in [0.15, 0.2) is 41.1 Å². The van der Waals surface area contributed by atoms with Crippen molar-refractivity contribution < 1.29 is 19.0 Å². The van der Waals surface area contributed by atoms with E-state index < -0.39 is 12.0 Å². The molecular formula is C31H39ClN8O4. The number of ether oxygens (including phenoxy) is 3. The number of amides is 1. The Balaban J connectivity index is 1.69. The predicted octanol–water partition coefficient (Wildman–Crippen LogP) is 5.27. The first-order valence-electron chi connectivity index (χ1n) is 14.9. The van der Waals surface area contributed by atoms with E-state index in [4.69, 9.17) is 41.9 Å². The van der Waals surface area contributed by atoms with Gasteiger partial charge in [-0.3, -0.25) is 10.3 Å². The lowest BCUT2D eigenvalue weighted by Crippen LogP contribution is -2.54. The first-order valence-corrected chi connectivity index (χ1v) is 15.3. The van der Waals surface area contributed by atoms with Gasteiger partial charge in [-0.1, -0.05) is 42.3 Å². The molecule has 234 valence electrons. The van der Waals surface area contributed by atoms with E-state index in [1.807, 2.05) is 0 Å².